The number of nitrogens with zero attached hydrogens (tertiary/aromatic N) is 2. The number of nitrogens with one attached hydrogen (secondary N) is 1. The van der Waals surface area contributed by atoms with Gasteiger partial charge >= 0.3 is 0 Å². The zero-order valence-electron chi connectivity index (χ0n) is 13.7. The third-order valence-corrected chi connectivity index (χ3v) is 4.12. The maximum atomic E-state index is 12.4. The molecule has 2 amide bonds. The minimum absolute atomic E-state index is 0.0881. The minimum Gasteiger partial charge on any atom is -0.378 e. The van der Waals surface area contributed by atoms with E-state index in [1.807, 2.05) is 39.9 Å². The number of aromatic nitrogens is 1. The van der Waals surface area contributed by atoms with E-state index in [1.165, 1.54) is 0 Å². The first-order chi connectivity index (χ1) is 11.5. The standard InChI is InChI=1S/C17H22N4O3/c1-12(18)17(23)19-14-2-3-15-13(10-14)4-5-21(15)11-16(22)20-6-8-24-9-7-20/h2-5,10,12H,6-9,11,18H2,1H3,(H,19,23)/t12-/m0/s1. The molecule has 0 saturated carbocycles. The second-order valence-electron chi connectivity index (χ2n) is 5.99. The summed E-state index contributed by atoms with van der Waals surface area (Å²) in [6, 6.07) is 6.97. The van der Waals surface area contributed by atoms with Crippen molar-refractivity contribution in [3.05, 3.63) is 30.5 Å². The summed E-state index contributed by atoms with van der Waals surface area (Å²) in [6.07, 6.45) is 1.89. The van der Waals surface area contributed by atoms with Gasteiger partial charge in [0.05, 0.1) is 19.3 Å². The molecular weight excluding hydrogens is 308 g/mol. The lowest BCUT2D eigenvalue weighted by molar-refractivity contribution is -0.135. The first-order valence-electron chi connectivity index (χ1n) is 8.05. The predicted octanol–water partition coefficient (Wildman–Crippen LogP) is 0.786. The van der Waals surface area contributed by atoms with Crippen LogP contribution in [0.4, 0.5) is 5.69 Å². The number of carbonyl (C=O) groups excluding carboxylic acids is 2. The van der Waals surface area contributed by atoms with Crippen LogP contribution in [0.15, 0.2) is 30.5 Å². The fourth-order valence-electron chi connectivity index (χ4n) is 2.73. The summed E-state index contributed by atoms with van der Waals surface area (Å²) in [5.74, 6) is -0.138. The van der Waals surface area contributed by atoms with Gasteiger partial charge in [0.25, 0.3) is 0 Å². The average Bonchev–Trinajstić information content (AvgIpc) is 2.97. The van der Waals surface area contributed by atoms with Crippen molar-refractivity contribution >= 4 is 28.4 Å². The van der Waals surface area contributed by atoms with Gasteiger partial charge in [-0.15, -0.1) is 0 Å². The molecule has 7 heteroatoms. The van der Waals surface area contributed by atoms with Crippen molar-refractivity contribution in [3.8, 4) is 0 Å². The van der Waals surface area contributed by atoms with E-state index in [2.05, 4.69) is 5.32 Å². The number of amides is 2. The highest BCUT2D eigenvalue weighted by atomic mass is 16.5. The molecule has 0 aliphatic carbocycles. The Bertz CT molecular complexity index is 747. The van der Waals surface area contributed by atoms with E-state index in [0.29, 0.717) is 38.5 Å². The summed E-state index contributed by atoms with van der Waals surface area (Å²) in [7, 11) is 0. The largest absolute Gasteiger partial charge is 0.378 e. The first-order valence-corrected chi connectivity index (χ1v) is 8.05. The monoisotopic (exact) mass is 330 g/mol. The molecule has 3 rings (SSSR count). The summed E-state index contributed by atoms with van der Waals surface area (Å²) >= 11 is 0. The Morgan fingerprint density at radius 3 is 2.75 bits per heavy atom. The van der Waals surface area contributed by atoms with E-state index in [9.17, 15) is 9.59 Å². The number of anilines is 1. The zero-order valence-corrected chi connectivity index (χ0v) is 13.7. The molecule has 0 radical (unpaired) electrons. The van der Waals surface area contributed by atoms with Crippen LogP contribution in [-0.4, -0.2) is 53.6 Å². The molecule has 0 bridgehead atoms. The Hall–Kier alpha value is -2.38. The van der Waals surface area contributed by atoms with Crippen LogP contribution in [0, 0.1) is 0 Å². The summed E-state index contributed by atoms with van der Waals surface area (Å²) in [5, 5.41) is 3.74. The van der Waals surface area contributed by atoms with Crippen molar-refractivity contribution in [2.75, 3.05) is 31.6 Å². The third kappa shape index (κ3) is 3.58. The van der Waals surface area contributed by atoms with Gasteiger partial charge in [0.15, 0.2) is 0 Å². The van der Waals surface area contributed by atoms with Crippen LogP contribution in [0.3, 0.4) is 0 Å². The Morgan fingerprint density at radius 1 is 1.29 bits per heavy atom. The van der Waals surface area contributed by atoms with Crippen LogP contribution < -0.4 is 11.1 Å². The van der Waals surface area contributed by atoms with Crippen molar-refractivity contribution < 1.29 is 14.3 Å². The molecule has 3 N–H and O–H groups in total. The Balaban J connectivity index is 1.73. The van der Waals surface area contributed by atoms with Gasteiger partial charge in [-0.05, 0) is 31.2 Å². The number of morpholine rings is 1. The van der Waals surface area contributed by atoms with E-state index < -0.39 is 6.04 Å². The van der Waals surface area contributed by atoms with Gasteiger partial charge < -0.3 is 25.3 Å². The van der Waals surface area contributed by atoms with Gasteiger partial charge in [0.1, 0.15) is 6.54 Å². The maximum Gasteiger partial charge on any atom is 0.242 e. The van der Waals surface area contributed by atoms with E-state index in [0.717, 1.165) is 10.9 Å². The summed E-state index contributed by atoms with van der Waals surface area (Å²) in [6.45, 7) is 4.43. The van der Waals surface area contributed by atoms with Crippen LogP contribution in [-0.2, 0) is 20.9 Å². The topological polar surface area (TPSA) is 89.6 Å². The Morgan fingerprint density at radius 2 is 2.04 bits per heavy atom. The summed E-state index contributed by atoms with van der Waals surface area (Å²) in [5.41, 5.74) is 7.21. The molecule has 1 saturated heterocycles. The maximum absolute atomic E-state index is 12.4. The van der Waals surface area contributed by atoms with E-state index in [-0.39, 0.29) is 11.8 Å². The molecule has 1 aromatic carbocycles. The lowest BCUT2D eigenvalue weighted by atomic mass is 10.2. The van der Waals surface area contributed by atoms with Gasteiger partial charge in [-0.2, -0.15) is 0 Å². The van der Waals surface area contributed by atoms with Gasteiger partial charge in [0.2, 0.25) is 11.8 Å². The molecule has 1 atom stereocenters. The first kappa shape index (κ1) is 16.5. The van der Waals surface area contributed by atoms with Gasteiger partial charge in [-0.1, -0.05) is 0 Å². The van der Waals surface area contributed by atoms with Gasteiger partial charge in [-0.25, -0.2) is 0 Å². The summed E-state index contributed by atoms with van der Waals surface area (Å²) < 4.78 is 7.19. The molecular formula is C17H22N4O3. The molecule has 0 unspecified atom stereocenters. The molecule has 1 aliphatic heterocycles. The van der Waals surface area contributed by atoms with Crippen LogP contribution in [0.5, 0.6) is 0 Å². The number of carbonyl (C=O) groups is 2. The van der Waals surface area contributed by atoms with Crippen molar-refractivity contribution in [2.24, 2.45) is 5.73 Å². The van der Waals surface area contributed by atoms with Crippen LogP contribution in [0.1, 0.15) is 6.92 Å². The number of hydrogen-bond donors (Lipinski definition) is 2. The van der Waals surface area contributed by atoms with Gasteiger partial charge in [0, 0.05) is 35.9 Å². The Kier molecular flexibility index (Phi) is 4.82. The normalized spacial score (nSPS) is 16.2. The molecule has 24 heavy (non-hydrogen) atoms. The average molecular weight is 330 g/mol. The molecule has 0 spiro atoms. The van der Waals surface area contributed by atoms with E-state index >= 15 is 0 Å². The lowest BCUT2D eigenvalue weighted by Gasteiger charge is -2.27. The second kappa shape index (κ2) is 7.02. The van der Waals surface area contributed by atoms with Crippen LogP contribution in [0.25, 0.3) is 10.9 Å². The number of ether oxygens (including phenoxy) is 1. The van der Waals surface area contributed by atoms with E-state index in [1.54, 1.807) is 6.92 Å². The summed E-state index contributed by atoms with van der Waals surface area (Å²) in [4.78, 5) is 25.9. The van der Waals surface area contributed by atoms with E-state index in [4.69, 9.17) is 10.5 Å². The highest BCUT2D eigenvalue weighted by molar-refractivity contribution is 5.96. The zero-order chi connectivity index (χ0) is 17.1. The van der Waals surface area contributed by atoms with Crippen molar-refractivity contribution in [1.29, 1.82) is 0 Å². The molecule has 128 valence electrons. The van der Waals surface area contributed by atoms with Crippen LogP contribution in [0.2, 0.25) is 0 Å². The molecule has 7 nitrogen and oxygen atoms in total. The molecule has 1 aromatic heterocycles. The fourth-order valence-corrected chi connectivity index (χ4v) is 2.73. The van der Waals surface area contributed by atoms with Crippen molar-refractivity contribution in [2.45, 2.75) is 19.5 Å². The second-order valence-corrected chi connectivity index (χ2v) is 5.99. The highest BCUT2D eigenvalue weighted by Gasteiger charge is 2.17. The quantitative estimate of drug-likeness (QED) is 0.867. The number of hydrogen-bond acceptors (Lipinski definition) is 4. The smallest absolute Gasteiger partial charge is 0.242 e. The number of rotatable bonds is 4. The molecule has 2 heterocycles. The minimum atomic E-state index is -0.559. The fraction of sp³-hybridized carbons (Fsp3) is 0.412. The number of fused-ring (bicyclic) bond motifs is 1. The lowest BCUT2D eigenvalue weighted by Crippen LogP contribution is -2.42. The molecule has 2 aromatic rings. The highest BCUT2D eigenvalue weighted by Crippen LogP contribution is 2.21. The van der Waals surface area contributed by atoms with Crippen LogP contribution >= 0.6 is 0 Å². The predicted molar refractivity (Wildman–Crippen MR) is 91.6 cm³/mol. The number of nitrogens with two attached hydrogens (primary N) is 1. The SMILES string of the molecule is C[C@H](N)C(=O)Nc1ccc2c(ccn2CC(=O)N2CCOCC2)c1. The Labute approximate surface area is 140 Å². The molecule has 1 aliphatic rings. The van der Waals surface area contributed by atoms with Gasteiger partial charge in [-0.3, -0.25) is 9.59 Å². The van der Waals surface area contributed by atoms with Crippen molar-refractivity contribution in [1.82, 2.24) is 9.47 Å². The molecule has 1 fully saturated rings. The van der Waals surface area contributed by atoms with Crippen molar-refractivity contribution in [3.63, 3.8) is 0 Å². The third-order valence-electron chi connectivity index (χ3n) is 4.12. The number of benzene rings is 1.